The van der Waals surface area contributed by atoms with E-state index in [4.69, 9.17) is 9.52 Å². The molecule has 6 heteroatoms. The molecule has 0 amide bonds. The summed E-state index contributed by atoms with van der Waals surface area (Å²) in [4.78, 5) is 0. The van der Waals surface area contributed by atoms with Crippen LogP contribution in [0.25, 0.3) is 11.6 Å². The second kappa shape index (κ2) is 4.50. The maximum Gasteiger partial charge on any atom is 0.200 e. The van der Waals surface area contributed by atoms with Crippen LogP contribution in [-0.4, -0.2) is 32.2 Å². The molecule has 0 aliphatic carbocycles. The van der Waals surface area contributed by atoms with Gasteiger partial charge in [-0.25, -0.2) is 0 Å². The average Bonchev–Trinajstić information content (AvgIpc) is 2.84. The molecule has 5 nitrogen and oxygen atoms in total. The van der Waals surface area contributed by atoms with E-state index in [0.29, 0.717) is 17.3 Å². The summed E-state index contributed by atoms with van der Waals surface area (Å²) in [6.45, 7) is 0.133. The number of aromatic nitrogens is 3. The molecule has 0 unspecified atom stereocenters. The maximum atomic E-state index is 8.71. The summed E-state index contributed by atoms with van der Waals surface area (Å²) in [6, 6.07) is 3.65. The molecule has 0 aliphatic heterocycles. The summed E-state index contributed by atoms with van der Waals surface area (Å²) in [6.07, 6.45) is 1.60. The lowest BCUT2D eigenvalue weighted by molar-refractivity contribution is 0.322. The van der Waals surface area contributed by atoms with E-state index in [9.17, 15) is 0 Å². The van der Waals surface area contributed by atoms with Crippen LogP contribution in [0.2, 0.25) is 0 Å². The summed E-state index contributed by atoms with van der Waals surface area (Å²) in [5, 5.41) is 17.5. The molecule has 0 bridgehead atoms. The standard InChI is InChI=1S/C9H11N3O2S/c1-12-8(7-3-2-5-14-7)10-11-9(12)15-6-4-13/h2-3,5,13H,4,6H2,1H3. The average molecular weight is 225 g/mol. The van der Waals surface area contributed by atoms with Gasteiger partial charge in [-0.3, -0.25) is 0 Å². The van der Waals surface area contributed by atoms with Crippen LogP contribution in [0.1, 0.15) is 0 Å². The molecule has 0 aliphatic rings. The molecular weight excluding hydrogens is 214 g/mol. The smallest absolute Gasteiger partial charge is 0.200 e. The number of furan rings is 1. The molecule has 0 saturated heterocycles. The van der Waals surface area contributed by atoms with Gasteiger partial charge in [0.25, 0.3) is 0 Å². The Bertz CT molecular complexity index is 425. The van der Waals surface area contributed by atoms with Crippen LogP contribution in [0.4, 0.5) is 0 Å². The van der Waals surface area contributed by atoms with Crippen molar-refractivity contribution in [3.05, 3.63) is 18.4 Å². The molecule has 0 fully saturated rings. The molecule has 0 atom stereocenters. The van der Waals surface area contributed by atoms with Crippen LogP contribution >= 0.6 is 11.8 Å². The monoisotopic (exact) mass is 225 g/mol. The van der Waals surface area contributed by atoms with Crippen LogP contribution in [0, 0.1) is 0 Å². The molecule has 2 rings (SSSR count). The fourth-order valence-corrected chi connectivity index (χ4v) is 1.85. The quantitative estimate of drug-likeness (QED) is 0.791. The summed E-state index contributed by atoms with van der Waals surface area (Å²) in [5.41, 5.74) is 0. The van der Waals surface area contributed by atoms with E-state index in [1.165, 1.54) is 11.8 Å². The molecule has 15 heavy (non-hydrogen) atoms. The van der Waals surface area contributed by atoms with Gasteiger partial charge >= 0.3 is 0 Å². The zero-order valence-electron chi connectivity index (χ0n) is 8.25. The van der Waals surface area contributed by atoms with Gasteiger partial charge in [0, 0.05) is 12.8 Å². The first kappa shape index (κ1) is 10.3. The van der Waals surface area contributed by atoms with Crippen molar-refractivity contribution < 1.29 is 9.52 Å². The maximum absolute atomic E-state index is 8.71. The first-order chi connectivity index (χ1) is 7.33. The largest absolute Gasteiger partial charge is 0.461 e. The van der Waals surface area contributed by atoms with Crippen LogP contribution in [0.5, 0.6) is 0 Å². The number of aliphatic hydroxyl groups excluding tert-OH is 1. The first-order valence-electron chi connectivity index (χ1n) is 4.50. The number of aliphatic hydroxyl groups is 1. The summed E-state index contributed by atoms with van der Waals surface area (Å²) < 4.78 is 7.08. The Morgan fingerprint density at radius 2 is 2.40 bits per heavy atom. The summed E-state index contributed by atoms with van der Waals surface area (Å²) >= 11 is 1.46. The Morgan fingerprint density at radius 1 is 1.53 bits per heavy atom. The third kappa shape index (κ3) is 2.05. The molecule has 1 N–H and O–H groups in total. The van der Waals surface area contributed by atoms with Crippen LogP contribution < -0.4 is 0 Å². The predicted octanol–water partition coefficient (Wildman–Crippen LogP) is 1.16. The second-order valence-electron chi connectivity index (χ2n) is 2.91. The van der Waals surface area contributed by atoms with E-state index < -0.39 is 0 Å². The van der Waals surface area contributed by atoms with Gasteiger partial charge in [0.05, 0.1) is 12.9 Å². The van der Waals surface area contributed by atoms with E-state index in [1.807, 2.05) is 23.7 Å². The van der Waals surface area contributed by atoms with Crippen LogP contribution in [0.3, 0.4) is 0 Å². The van der Waals surface area contributed by atoms with Crippen molar-refractivity contribution in [2.24, 2.45) is 7.05 Å². The molecule has 0 saturated carbocycles. The Labute approximate surface area is 91.1 Å². The molecule has 2 aromatic rings. The number of thioether (sulfide) groups is 1. The van der Waals surface area contributed by atoms with Gasteiger partial charge < -0.3 is 14.1 Å². The summed E-state index contributed by atoms with van der Waals surface area (Å²) in [5.74, 6) is 2.01. The molecule has 80 valence electrons. The van der Waals surface area contributed by atoms with Gasteiger partial charge in [-0.05, 0) is 12.1 Å². The first-order valence-corrected chi connectivity index (χ1v) is 5.48. The lowest BCUT2D eigenvalue weighted by Gasteiger charge is -2.00. The van der Waals surface area contributed by atoms with Gasteiger partial charge in [0.15, 0.2) is 16.7 Å². The minimum absolute atomic E-state index is 0.133. The van der Waals surface area contributed by atoms with Gasteiger partial charge in [0.2, 0.25) is 0 Å². The zero-order chi connectivity index (χ0) is 10.7. The van der Waals surface area contributed by atoms with Crippen molar-refractivity contribution in [1.29, 1.82) is 0 Å². The number of rotatable bonds is 4. The molecular formula is C9H11N3O2S. The lowest BCUT2D eigenvalue weighted by Crippen LogP contribution is -1.95. The van der Waals surface area contributed by atoms with Crippen molar-refractivity contribution in [2.45, 2.75) is 5.16 Å². The normalized spacial score (nSPS) is 10.8. The molecule has 2 aromatic heterocycles. The highest BCUT2D eigenvalue weighted by atomic mass is 32.2. The molecule has 0 aromatic carbocycles. The van der Waals surface area contributed by atoms with Crippen LogP contribution in [0.15, 0.2) is 28.0 Å². The highest BCUT2D eigenvalue weighted by molar-refractivity contribution is 7.99. The second-order valence-corrected chi connectivity index (χ2v) is 3.98. The Morgan fingerprint density at radius 3 is 3.07 bits per heavy atom. The molecule has 2 heterocycles. The fraction of sp³-hybridized carbons (Fsp3) is 0.333. The number of hydrogen-bond donors (Lipinski definition) is 1. The van der Waals surface area contributed by atoms with E-state index in [1.54, 1.807) is 6.26 Å². The van der Waals surface area contributed by atoms with Crippen molar-refractivity contribution in [3.63, 3.8) is 0 Å². The zero-order valence-corrected chi connectivity index (χ0v) is 9.07. The van der Waals surface area contributed by atoms with Gasteiger partial charge in [-0.2, -0.15) is 0 Å². The Hall–Kier alpha value is -1.27. The minimum Gasteiger partial charge on any atom is -0.461 e. The topological polar surface area (TPSA) is 64.1 Å². The van der Waals surface area contributed by atoms with Crippen molar-refractivity contribution in [1.82, 2.24) is 14.8 Å². The Kier molecular flexibility index (Phi) is 3.08. The fourth-order valence-electron chi connectivity index (χ4n) is 1.20. The van der Waals surface area contributed by atoms with Gasteiger partial charge in [-0.15, -0.1) is 10.2 Å². The lowest BCUT2D eigenvalue weighted by atomic mass is 10.4. The predicted molar refractivity (Wildman–Crippen MR) is 56.5 cm³/mol. The summed E-state index contributed by atoms with van der Waals surface area (Å²) in [7, 11) is 1.87. The third-order valence-corrected chi connectivity index (χ3v) is 2.90. The van der Waals surface area contributed by atoms with E-state index in [-0.39, 0.29) is 6.61 Å². The van der Waals surface area contributed by atoms with E-state index in [2.05, 4.69) is 10.2 Å². The number of nitrogens with zero attached hydrogens (tertiary/aromatic N) is 3. The molecule has 0 radical (unpaired) electrons. The highest BCUT2D eigenvalue weighted by Gasteiger charge is 2.12. The third-order valence-electron chi connectivity index (χ3n) is 1.90. The Balaban J connectivity index is 2.24. The van der Waals surface area contributed by atoms with E-state index in [0.717, 1.165) is 5.16 Å². The number of hydrogen-bond acceptors (Lipinski definition) is 5. The van der Waals surface area contributed by atoms with Crippen LogP contribution in [-0.2, 0) is 7.05 Å². The van der Waals surface area contributed by atoms with Crippen molar-refractivity contribution in [3.8, 4) is 11.6 Å². The van der Waals surface area contributed by atoms with Crippen molar-refractivity contribution >= 4 is 11.8 Å². The highest BCUT2D eigenvalue weighted by Crippen LogP contribution is 2.22. The SMILES string of the molecule is Cn1c(SCCO)nnc1-c1ccco1. The van der Waals surface area contributed by atoms with Gasteiger partial charge in [-0.1, -0.05) is 11.8 Å². The minimum atomic E-state index is 0.133. The van der Waals surface area contributed by atoms with Crippen molar-refractivity contribution in [2.75, 3.05) is 12.4 Å². The van der Waals surface area contributed by atoms with E-state index >= 15 is 0 Å². The van der Waals surface area contributed by atoms with Gasteiger partial charge in [0.1, 0.15) is 0 Å². The molecule has 0 spiro atoms.